The number of fused-ring (bicyclic) bond motifs is 1. The zero-order valence-electron chi connectivity index (χ0n) is 18.1. The molecule has 1 aromatic carbocycles. The lowest BCUT2D eigenvalue weighted by atomic mass is 10.1. The maximum absolute atomic E-state index is 11.5. The number of nitrogens with one attached hydrogen (secondary N) is 1. The molecule has 1 aliphatic heterocycles. The summed E-state index contributed by atoms with van der Waals surface area (Å²) < 4.78 is 18.3. The van der Waals surface area contributed by atoms with Crippen LogP contribution in [-0.4, -0.2) is 50.3 Å². The van der Waals surface area contributed by atoms with Gasteiger partial charge in [-0.15, -0.1) is 0 Å². The number of nitrogens with zero attached hydrogens (tertiary/aromatic N) is 4. The first-order valence-electron chi connectivity index (χ1n) is 10.3. The Kier molecular flexibility index (Phi) is 6.31. The lowest BCUT2D eigenvalue weighted by Crippen LogP contribution is -2.31. The summed E-state index contributed by atoms with van der Waals surface area (Å²) in [6.07, 6.45) is 1.87. The van der Waals surface area contributed by atoms with Crippen LogP contribution in [0.25, 0.3) is 11.2 Å². The summed E-state index contributed by atoms with van der Waals surface area (Å²) in [5.74, 6) is -0.239. The number of ether oxygens (including phenoxy) is 3. The minimum absolute atomic E-state index is 0.00521. The zero-order valence-corrected chi connectivity index (χ0v) is 18.1. The third-order valence-electron chi connectivity index (χ3n) is 5.20. The summed E-state index contributed by atoms with van der Waals surface area (Å²) in [5, 5.41) is 3.31. The SMILES string of the molecule is CC(=O)OC[C@H]1O[C@@H](n2cnc3c(NCc4ccc(C)cc4)ncnc32)CC1OC(C)=O. The topological polar surface area (TPSA) is 117 Å². The summed E-state index contributed by atoms with van der Waals surface area (Å²) in [4.78, 5) is 35.9. The number of hydrogen-bond acceptors (Lipinski definition) is 9. The van der Waals surface area contributed by atoms with E-state index in [1.165, 1.54) is 25.7 Å². The van der Waals surface area contributed by atoms with Gasteiger partial charge in [-0.1, -0.05) is 29.8 Å². The van der Waals surface area contributed by atoms with Gasteiger partial charge in [0.25, 0.3) is 0 Å². The van der Waals surface area contributed by atoms with Gasteiger partial charge in [0, 0.05) is 26.8 Å². The van der Waals surface area contributed by atoms with Gasteiger partial charge in [0.15, 0.2) is 17.0 Å². The maximum atomic E-state index is 11.5. The van der Waals surface area contributed by atoms with Gasteiger partial charge in [0.1, 0.15) is 31.4 Å². The van der Waals surface area contributed by atoms with Gasteiger partial charge < -0.3 is 19.5 Å². The molecule has 1 aliphatic rings. The quantitative estimate of drug-likeness (QED) is 0.554. The summed E-state index contributed by atoms with van der Waals surface area (Å²) in [6.45, 7) is 5.29. The average Bonchev–Trinajstić information content (AvgIpc) is 3.35. The van der Waals surface area contributed by atoms with Crippen molar-refractivity contribution in [2.45, 2.75) is 52.2 Å². The van der Waals surface area contributed by atoms with Crippen molar-refractivity contribution >= 4 is 28.9 Å². The Hall–Kier alpha value is -3.53. The lowest BCUT2D eigenvalue weighted by molar-refractivity contribution is -0.155. The fraction of sp³-hybridized carbons (Fsp3) is 0.409. The van der Waals surface area contributed by atoms with Gasteiger partial charge >= 0.3 is 11.9 Å². The summed E-state index contributed by atoms with van der Waals surface area (Å²) in [5.41, 5.74) is 3.52. The highest BCUT2D eigenvalue weighted by atomic mass is 16.6. The normalized spacial score (nSPS) is 20.3. The first-order valence-corrected chi connectivity index (χ1v) is 10.3. The van der Waals surface area contributed by atoms with Crippen LogP contribution in [0.15, 0.2) is 36.9 Å². The van der Waals surface area contributed by atoms with E-state index in [0.717, 1.165) is 5.56 Å². The third-order valence-corrected chi connectivity index (χ3v) is 5.20. The van der Waals surface area contributed by atoms with E-state index in [9.17, 15) is 9.59 Å². The van der Waals surface area contributed by atoms with E-state index in [1.807, 2.05) is 6.92 Å². The molecule has 0 spiro atoms. The van der Waals surface area contributed by atoms with Gasteiger partial charge in [-0.05, 0) is 12.5 Å². The average molecular weight is 439 g/mol. The number of anilines is 1. The van der Waals surface area contributed by atoms with Crippen molar-refractivity contribution in [1.82, 2.24) is 19.5 Å². The van der Waals surface area contributed by atoms with Crippen molar-refractivity contribution in [2.24, 2.45) is 0 Å². The number of aromatic nitrogens is 4. The highest BCUT2D eigenvalue weighted by Gasteiger charge is 2.40. The van der Waals surface area contributed by atoms with E-state index in [2.05, 4.69) is 44.5 Å². The second-order valence-corrected chi connectivity index (χ2v) is 7.70. The Labute approximate surface area is 184 Å². The second-order valence-electron chi connectivity index (χ2n) is 7.70. The molecule has 0 saturated carbocycles. The van der Waals surface area contributed by atoms with E-state index in [0.29, 0.717) is 29.9 Å². The van der Waals surface area contributed by atoms with Crippen LogP contribution in [0.3, 0.4) is 0 Å². The van der Waals surface area contributed by atoms with Gasteiger partial charge in [-0.2, -0.15) is 0 Å². The van der Waals surface area contributed by atoms with E-state index in [1.54, 1.807) is 10.9 Å². The van der Waals surface area contributed by atoms with Crippen molar-refractivity contribution < 1.29 is 23.8 Å². The fourth-order valence-electron chi connectivity index (χ4n) is 3.64. The molecule has 1 fully saturated rings. The monoisotopic (exact) mass is 439 g/mol. The van der Waals surface area contributed by atoms with Gasteiger partial charge in [-0.25, -0.2) is 15.0 Å². The Bertz CT molecular complexity index is 1110. The molecule has 0 aliphatic carbocycles. The molecule has 2 aromatic heterocycles. The van der Waals surface area contributed by atoms with Crippen LogP contribution < -0.4 is 5.32 Å². The predicted octanol–water partition coefficient (Wildman–Crippen LogP) is 2.53. The number of hydrogen-bond donors (Lipinski definition) is 1. The van der Waals surface area contributed by atoms with Crippen LogP contribution in [0.1, 0.15) is 37.6 Å². The zero-order chi connectivity index (χ0) is 22.7. The first-order chi connectivity index (χ1) is 15.4. The minimum atomic E-state index is -0.578. The Morgan fingerprint density at radius 2 is 1.94 bits per heavy atom. The highest BCUT2D eigenvalue weighted by Crippen LogP contribution is 2.33. The van der Waals surface area contributed by atoms with Crippen molar-refractivity contribution in [3.05, 3.63) is 48.0 Å². The molecule has 0 bridgehead atoms. The highest BCUT2D eigenvalue weighted by molar-refractivity contribution is 5.82. The van der Waals surface area contributed by atoms with Crippen LogP contribution in [0, 0.1) is 6.92 Å². The Balaban J connectivity index is 1.53. The predicted molar refractivity (Wildman–Crippen MR) is 115 cm³/mol. The third kappa shape index (κ3) is 4.86. The van der Waals surface area contributed by atoms with Crippen molar-refractivity contribution in [1.29, 1.82) is 0 Å². The molecule has 3 atom stereocenters. The number of esters is 2. The number of imidazole rings is 1. The number of carbonyl (C=O) groups is 2. The molecule has 168 valence electrons. The van der Waals surface area contributed by atoms with Crippen LogP contribution in [-0.2, 0) is 30.3 Å². The largest absolute Gasteiger partial charge is 0.463 e. The van der Waals surface area contributed by atoms with Crippen molar-refractivity contribution in [3.63, 3.8) is 0 Å². The van der Waals surface area contributed by atoms with E-state index < -0.39 is 30.4 Å². The van der Waals surface area contributed by atoms with Crippen LogP contribution >= 0.6 is 0 Å². The van der Waals surface area contributed by atoms with Crippen molar-refractivity contribution in [3.8, 4) is 0 Å². The standard InChI is InChI=1S/C22H25N5O5/c1-13-4-6-16(7-5-13)9-23-21-20-22(25-11-24-21)27(12-26-20)19-8-17(31-15(3)29)18(32-19)10-30-14(2)28/h4-7,11-12,17-19H,8-10H2,1-3H3,(H,23,24,25)/t17?,18-,19-/m1/s1. The minimum Gasteiger partial charge on any atom is -0.463 e. The molecule has 1 saturated heterocycles. The first kappa shape index (κ1) is 21.7. The van der Waals surface area contributed by atoms with E-state index in [-0.39, 0.29) is 6.61 Å². The number of carbonyl (C=O) groups excluding carboxylic acids is 2. The molecule has 0 radical (unpaired) electrons. The summed E-state index contributed by atoms with van der Waals surface area (Å²) >= 11 is 0. The molecule has 0 amide bonds. The van der Waals surface area contributed by atoms with Crippen LogP contribution in [0.5, 0.6) is 0 Å². The molecule has 32 heavy (non-hydrogen) atoms. The molecule has 3 aromatic rings. The Morgan fingerprint density at radius 1 is 1.16 bits per heavy atom. The van der Waals surface area contributed by atoms with Gasteiger partial charge in [0.05, 0.1) is 6.33 Å². The molecular formula is C22H25N5O5. The summed E-state index contributed by atoms with van der Waals surface area (Å²) in [7, 11) is 0. The van der Waals surface area contributed by atoms with E-state index in [4.69, 9.17) is 14.2 Å². The van der Waals surface area contributed by atoms with E-state index >= 15 is 0 Å². The second kappa shape index (κ2) is 9.31. The van der Waals surface area contributed by atoms with Crippen molar-refractivity contribution in [2.75, 3.05) is 11.9 Å². The smallest absolute Gasteiger partial charge is 0.303 e. The van der Waals surface area contributed by atoms with Gasteiger partial charge in [-0.3, -0.25) is 14.2 Å². The fourth-order valence-corrected chi connectivity index (χ4v) is 3.64. The number of aryl methyl sites for hydroxylation is 1. The lowest BCUT2D eigenvalue weighted by Gasteiger charge is -2.17. The summed E-state index contributed by atoms with van der Waals surface area (Å²) in [6, 6.07) is 8.24. The molecule has 3 heterocycles. The molecule has 10 heteroatoms. The number of benzene rings is 1. The number of rotatable bonds is 7. The molecule has 1 N–H and O–H groups in total. The molecule has 4 rings (SSSR count). The molecule has 10 nitrogen and oxygen atoms in total. The maximum Gasteiger partial charge on any atom is 0.303 e. The molecule has 1 unspecified atom stereocenters. The molecular weight excluding hydrogens is 414 g/mol. The van der Waals surface area contributed by atoms with Gasteiger partial charge in [0.2, 0.25) is 0 Å². The van der Waals surface area contributed by atoms with Crippen LogP contribution in [0.2, 0.25) is 0 Å². The van der Waals surface area contributed by atoms with Crippen LogP contribution in [0.4, 0.5) is 5.82 Å². The Morgan fingerprint density at radius 3 is 2.66 bits per heavy atom.